The third-order valence-electron chi connectivity index (χ3n) is 4.28. The average molecular weight is 430 g/mol. The van der Waals surface area contributed by atoms with E-state index in [0.717, 1.165) is 30.7 Å². The highest BCUT2D eigenvalue weighted by Crippen LogP contribution is 2.28. The van der Waals surface area contributed by atoms with Gasteiger partial charge in [0, 0.05) is 19.3 Å². The van der Waals surface area contributed by atoms with Crippen LogP contribution in [0, 0.1) is 5.92 Å². The van der Waals surface area contributed by atoms with Crippen LogP contribution in [-0.4, -0.2) is 24.0 Å². The third kappa shape index (κ3) is 8.53. The van der Waals surface area contributed by atoms with Crippen LogP contribution >= 0.6 is 24.0 Å². The summed E-state index contributed by atoms with van der Waals surface area (Å²) in [5, 5.41) is 6.72. The first-order chi connectivity index (χ1) is 10.9. The van der Waals surface area contributed by atoms with Gasteiger partial charge in [-0.15, -0.1) is 24.0 Å². The molecule has 0 atom stereocenters. The Hall–Kier alpha value is -0.850. The van der Waals surface area contributed by atoms with Gasteiger partial charge in [0.25, 0.3) is 0 Å². The van der Waals surface area contributed by atoms with Gasteiger partial charge in [-0.1, -0.05) is 44.6 Å². The van der Waals surface area contributed by atoms with Crippen molar-refractivity contribution in [2.45, 2.75) is 58.4 Å². The Morgan fingerprint density at radius 3 is 2.74 bits per heavy atom. The van der Waals surface area contributed by atoms with E-state index in [1.54, 1.807) is 0 Å². The van der Waals surface area contributed by atoms with Crippen molar-refractivity contribution in [2.24, 2.45) is 10.9 Å². The molecule has 4 nitrogen and oxygen atoms in total. The molecule has 0 aromatic carbocycles. The number of hydrogen-bond acceptors (Lipinski definition) is 2. The first kappa shape index (κ1) is 20.2. The predicted octanol–water partition coefficient (Wildman–Crippen LogP) is 4.12. The Kier molecular flexibility index (Phi) is 11.0. The molecule has 1 fully saturated rings. The molecule has 1 aliphatic carbocycles. The van der Waals surface area contributed by atoms with Crippen molar-refractivity contribution in [1.82, 2.24) is 15.6 Å². The summed E-state index contributed by atoms with van der Waals surface area (Å²) in [5.41, 5.74) is 1.00. The van der Waals surface area contributed by atoms with Gasteiger partial charge in [0.2, 0.25) is 0 Å². The molecule has 2 rings (SSSR count). The normalized spacial score (nSPS) is 15.3. The quantitative estimate of drug-likeness (QED) is 0.282. The highest BCUT2D eigenvalue weighted by atomic mass is 127. The van der Waals surface area contributed by atoms with E-state index in [0.29, 0.717) is 6.54 Å². The van der Waals surface area contributed by atoms with Crippen molar-refractivity contribution in [3.8, 4) is 0 Å². The summed E-state index contributed by atoms with van der Waals surface area (Å²) in [7, 11) is 0. The summed E-state index contributed by atoms with van der Waals surface area (Å²) in [4.78, 5) is 8.89. The fourth-order valence-electron chi connectivity index (χ4n) is 3.06. The van der Waals surface area contributed by atoms with Gasteiger partial charge in [-0.2, -0.15) is 0 Å². The Morgan fingerprint density at radius 2 is 2.04 bits per heavy atom. The largest absolute Gasteiger partial charge is 0.357 e. The van der Waals surface area contributed by atoms with Crippen LogP contribution in [0.3, 0.4) is 0 Å². The number of unbranched alkanes of at least 4 members (excludes halogenated alkanes) is 1. The molecule has 0 saturated heterocycles. The Balaban J connectivity index is 0.00000264. The van der Waals surface area contributed by atoms with E-state index in [4.69, 9.17) is 0 Å². The molecule has 1 heterocycles. The number of nitrogens with zero attached hydrogens (tertiary/aromatic N) is 2. The Bertz CT molecular complexity index is 430. The number of rotatable bonds is 8. The van der Waals surface area contributed by atoms with E-state index in [1.165, 1.54) is 44.9 Å². The zero-order valence-corrected chi connectivity index (χ0v) is 16.6. The SMILES string of the molecule is CCNC(=NCc1ccccn1)NCCCCC1CCCC1.I. The lowest BCUT2D eigenvalue weighted by Gasteiger charge is -2.12. The van der Waals surface area contributed by atoms with E-state index in [1.807, 2.05) is 24.4 Å². The number of aliphatic imine (C=N–C) groups is 1. The minimum atomic E-state index is 0. The van der Waals surface area contributed by atoms with E-state index in [-0.39, 0.29) is 24.0 Å². The van der Waals surface area contributed by atoms with Gasteiger partial charge >= 0.3 is 0 Å². The van der Waals surface area contributed by atoms with Crippen LogP contribution in [0.5, 0.6) is 0 Å². The third-order valence-corrected chi connectivity index (χ3v) is 4.28. The summed E-state index contributed by atoms with van der Waals surface area (Å²) in [6, 6.07) is 5.94. The summed E-state index contributed by atoms with van der Waals surface area (Å²) >= 11 is 0. The monoisotopic (exact) mass is 430 g/mol. The lowest BCUT2D eigenvalue weighted by molar-refractivity contribution is 0.472. The molecule has 0 spiro atoms. The molecule has 23 heavy (non-hydrogen) atoms. The van der Waals surface area contributed by atoms with Crippen LogP contribution in [0.1, 0.15) is 57.6 Å². The molecular weight excluding hydrogens is 399 g/mol. The van der Waals surface area contributed by atoms with Crippen molar-refractivity contribution < 1.29 is 0 Å². The zero-order valence-electron chi connectivity index (χ0n) is 14.3. The molecule has 0 radical (unpaired) electrons. The van der Waals surface area contributed by atoms with Crippen LogP contribution in [0.25, 0.3) is 0 Å². The standard InChI is InChI=1S/C18H30N4.HI/c1-2-19-18(22-15-17-12-6-8-13-20-17)21-14-7-5-11-16-9-3-4-10-16;/h6,8,12-13,16H,2-5,7,9-11,14-15H2,1H3,(H2,19,21,22);1H. The summed E-state index contributed by atoms with van der Waals surface area (Å²) in [5.74, 6) is 1.90. The molecule has 0 unspecified atom stereocenters. The maximum absolute atomic E-state index is 4.59. The van der Waals surface area contributed by atoms with Crippen molar-refractivity contribution in [1.29, 1.82) is 0 Å². The molecular formula is C18H31IN4. The van der Waals surface area contributed by atoms with E-state index in [2.05, 4.69) is 27.5 Å². The van der Waals surface area contributed by atoms with Crippen molar-refractivity contribution in [3.05, 3.63) is 30.1 Å². The second-order valence-corrected chi connectivity index (χ2v) is 6.09. The van der Waals surface area contributed by atoms with Gasteiger partial charge in [0.1, 0.15) is 0 Å². The number of nitrogens with one attached hydrogen (secondary N) is 2. The first-order valence-corrected chi connectivity index (χ1v) is 8.80. The number of pyridine rings is 1. The topological polar surface area (TPSA) is 49.3 Å². The minimum absolute atomic E-state index is 0. The minimum Gasteiger partial charge on any atom is -0.357 e. The van der Waals surface area contributed by atoms with Crippen LogP contribution in [0.15, 0.2) is 29.4 Å². The van der Waals surface area contributed by atoms with E-state index in [9.17, 15) is 0 Å². The van der Waals surface area contributed by atoms with Crippen LogP contribution in [0.4, 0.5) is 0 Å². The molecule has 0 amide bonds. The zero-order chi connectivity index (χ0) is 15.5. The maximum atomic E-state index is 4.59. The lowest BCUT2D eigenvalue weighted by atomic mass is 10.0. The Labute approximate surface area is 158 Å². The molecule has 0 aliphatic heterocycles. The average Bonchev–Trinajstić information content (AvgIpc) is 3.06. The maximum Gasteiger partial charge on any atom is 0.191 e. The molecule has 2 N–H and O–H groups in total. The molecule has 0 bridgehead atoms. The lowest BCUT2D eigenvalue weighted by Crippen LogP contribution is -2.37. The second kappa shape index (κ2) is 12.6. The number of guanidine groups is 1. The molecule has 1 aromatic heterocycles. The van der Waals surface area contributed by atoms with Gasteiger partial charge in [-0.3, -0.25) is 4.98 Å². The van der Waals surface area contributed by atoms with Gasteiger partial charge in [-0.05, 0) is 31.4 Å². The van der Waals surface area contributed by atoms with Gasteiger partial charge in [-0.25, -0.2) is 4.99 Å². The van der Waals surface area contributed by atoms with Crippen molar-refractivity contribution >= 4 is 29.9 Å². The molecule has 5 heteroatoms. The fourth-order valence-corrected chi connectivity index (χ4v) is 3.06. The predicted molar refractivity (Wildman–Crippen MR) is 108 cm³/mol. The number of halogens is 1. The summed E-state index contributed by atoms with van der Waals surface area (Å²) in [6.07, 6.45) is 11.6. The highest BCUT2D eigenvalue weighted by Gasteiger charge is 2.13. The van der Waals surface area contributed by atoms with Crippen LogP contribution in [-0.2, 0) is 6.54 Å². The van der Waals surface area contributed by atoms with E-state index < -0.39 is 0 Å². The van der Waals surface area contributed by atoms with E-state index >= 15 is 0 Å². The fraction of sp³-hybridized carbons (Fsp3) is 0.667. The number of hydrogen-bond donors (Lipinski definition) is 2. The van der Waals surface area contributed by atoms with Crippen molar-refractivity contribution in [3.63, 3.8) is 0 Å². The van der Waals surface area contributed by atoms with Crippen molar-refractivity contribution in [2.75, 3.05) is 13.1 Å². The summed E-state index contributed by atoms with van der Waals surface area (Å²) in [6.45, 7) is 4.60. The molecule has 1 aromatic rings. The smallest absolute Gasteiger partial charge is 0.191 e. The first-order valence-electron chi connectivity index (χ1n) is 8.80. The molecule has 1 saturated carbocycles. The molecule has 130 valence electrons. The van der Waals surface area contributed by atoms with Gasteiger partial charge in [0.15, 0.2) is 5.96 Å². The van der Waals surface area contributed by atoms with Gasteiger partial charge < -0.3 is 10.6 Å². The van der Waals surface area contributed by atoms with Crippen LogP contribution < -0.4 is 10.6 Å². The number of aromatic nitrogens is 1. The van der Waals surface area contributed by atoms with Gasteiger partial charge in [0.05, 0.1) is 12.2 Å². The summed E-state index contributed by atoms with van der Waals surface area (Å²) < 4.78 is 0. The highest BCUT2D eigenvalue weighted by molar-refractivity contribution is 14.0. The Morgan fingerprint density at radius 1 is 1.22 bits per heavy atom. The second-order valence-electron chi connectivity index (χ2n) is 6.09. The molecule has 1 aliphatic rings. The van der Waals surface area contributed by atoms with Crippen LogP contribution in [0.2, 0.25) is 0 Å².